The molecule has 0 saturated heterocycles. The minimum absolute atomic E-state index is 0.574. The van der Waals surface area contributed by atoms with Gasteiger partial charge >= 0.3 is 0 Å². The van der Waals surface area contributed by atoms with E-state index in [2.05, 4.69) is 57.4 Å². The topological polar surface area (TPSA) is 98.1 Å². The van der Waals surface area contributed by atoms with Gasteiger partial charge in [-0.2, -0.15) is 10.3 Å². The van der Waals surface area contributed by atoms with E-state index >= 15 is 0 Å². The summed E-state index contributed by atoms with van der Waals surface area (Å²) in [6.45, 7) is 5.36. The van der Waals surface area contributed by atoms with Crippen LogP contribution in [0.15, 0.2) is 42.6 Å². The Labute approximate surface area is 194 Å². The van der Waals surface area contributed by atoms with Crippen molar-refractivity contribution in [3.63, 3.8) is 0 Å². The van der Waals surface area contributed by atoms with Crippen LogP contribution in [0.5, 0.6) is 0 Å². The van der Waals surface area contributed by atoms with Crippen LogP contribution in [0.1, 0.15) is 69.7 Å². The van der Waals surface area contributed by atoms with E-state index in [1.165, 1.54) is 25.7 Å². The van der Waals surface area contributed by atoms with Crippen molar-refractivity contribution in [3.05, 3.63) is 59.9 Å². The van der Waals surface area contributed by atoms with E-state index in [0.29, 0.717) is 12.2 Å². The highest BCUT2D eigenvalue weighted by atomic mass is 15.5. The second kappa shape index (κ2) is 11.4. The van der Waals surface area contributed by atoms with E-state index in [4.69, 9.17) is 15.1 Å². The summed E-state index contributed by atoms with van der Waals surface area (Å²) in [5.41, 5.74) is 3.95. The fourth-order valence-corrected chi connectivity index (χ4v) is 3.94. The van der Waals surface area contributed by atoms with Crippen molar-refractivity contribution < 1.29 is 0 Å². The lowest BCUT2D eigenvalue weighted by Gasteiger charge is -2.08. The molecule has 4 rings (SSSR count). The number of H-pyrrole nitrogens is 1. The lowest BCUT2D eigenvalue weighted by molar-refractivity contribution is 0.529. The average molecular weight is 445 g/mol. The third kappa shape index (κ3) is 5.88. The number of hydrogen-bond acceptors (Lipinski definition) is 6. The van der Waals surface area contributed by atoms with Gasteiger partial charge in [0.05, 0.1) is 0 Å². The first-order valence-electron chi connectivity index (χ1n) is 12.0. The number of nitrogens with zero attached hydrogens (tertiary/aromatic N) is 7. The molecule has 4 aromatic rings. The molecule has 33 heavy (non-hydrogen) atoms. The van der Waals surface area contributed by atoms with Gasteiger partial charge in [0.1, 0.15) is 5.82 Å². The molecule has 0 amide bonds. The van der Waals surface area contributed by atoms with Crippen molar-refractivity contribution in [1.29, 1.82) is 0 Å². The van der Waals surface area contributed by atoms with E-state index < -0.39 is 0 Å². The summed E-state index contributed by atoms with van der Waals surface area (Å²) in [6.07, 6.45) is 10.6. The first-order valence-corrected chi connectivity index (χ1v) is 12.0. The second-order valence-corrected chi connectivity index (χ2v) is 8.33. The number of tetrazole rings is 1. The zero-order valence-electron chi connectivity index (χ0n) is 19.5. The van der Waals surface area contributed by atoms with Crippen LogP contribution < -0.4 is 0 Å². The van der Waals surface area contributed by atoms with Crippen molar-refractivity contribution in [1.82, 2.24) is 40.4 Å². The summed E-state index contributed by atoms with van der Waals surface area (Å²) in [7, 11) is 0. The van der Waals surface area contributed by atoms with Gasteiger partial charge in [0.25, 0.3) is 0 Å². The van der Waals surface area contributed by atoms with Crippen molar-refractivity contribution in [2.75, 3.05) is 0 Å². The standard InChI is InChI=1S/C25H32N8/c1-3-5-7-13-23-27-24(33(30-23)16-10-6-4-2)17-20-15-14-19(18-26-20)21-11-8-9-12-22(21)25-28-31-32-29-25/h8-9,11-12,14-15,18H,3-7,10,13,16-17H2,1-2H3,(H,28,29,31,32). The van der Waals surface area contributed by atoms with Crippen LogP contribution in [-0.4, -0.2) is 40.4 Å². The third-order valence-corrected chi connectivity index (χ3v) is 5.76. The van der Waals surface area contributed by atoms with Crippen LogP contribution in [0.4, 0.5) is 0 Å². The highest BCUT2D eigenvalue weighted by molar-refractivity contribution is 5.79. The quantitative estimate of drug-likeness (QED) is 0.308. The smallest absolute Gasteiger partial charge is 0.205 e. The molecule has 0 atom stereocenters. The van der Waals surface area contributed by atoms with Crippen molar-refractivity contribution in [2.45, 2.75) is 71.8 Å². The maximum Gasteiger partial charge on any atom is 0.205 e. The number of unbranched alkanes of at least 4 members (excludes halogenated alkanes) is 4. The molecule has 1 N–H and O–H groups in total. The molecular formula is C25H32N8. The largest absolute Gasteiger partial charge is 0.260 e. The summed E-state index contributed by atoms with van der Waals surface area (Å²) < 4.78 is 2.10. The van der Waals surface area contributed by atoms with Crippen molar-refractivity contribution >= 4 is 0 Å². The van der Waals surface area contributed by atoms with E-state index in [1.54, 1.807) is 0 Å². The zero-order valence-corrected chi connectivity index (χ0v) is 19.5. The molecule has 0 unspecified atom stereocenters. The number of hydrogen-bond donors (Lipinski definition) is 1. The SMILES string of the molecule is CCCCCc1nc(Cc2ccc(-c3ccccc3-c3nn[nH]n3)cn2)n(CCCCC)n1. The maximum atomic E-state index is 4.87. The van der Waals surface area contributed by atoms with Gasteiger partial charge < -0.3 is 0 Å². The fourth-order valence-electron chi connectivity index (χ4n) is 3.94. The minimum atomic E-state index is 0.574. The zero-order chi connectivity index (χ0) is 22.9. The molecule has 0 aliphatic carbocycles. The van der Waals surface area contributed by atoms with Gasteiger partial charge in [-0.1, -0.05) is 69.9 Å². The lowest BCUT2D eigenvalue weighted by atomic mass is 10.0. The van der Waals surface area contributed by atoms with E-state index in [9.17, 15) is 0 Å². The highest BCUT2D eigenvalue weighted by Gasteiger charge is 2.13. The van der Waals surface area contributed by atoms with E-state index in [1.807, 2.05) is 24.4 Å². The summed E-state index contributed by atoms with van der Waals surface area (Å²) in [6, 6.07) is 12.2. The normalized spacial score (nSPS) is 11.2. The second-order valence-electron chi connectivity index (χ2n) is 8.33. The molecule has 3 aromatic heterocycles. The first kappa shape index (κ1) is 22.8. The minimum Gasteiger partial charge on any atom is -0.260 e. The van der Waals surface area contributed by atoms with Gasteiger partial charge in [-0.25, -0.2) is 9.67 Å². The molecule has 172 valence electrons. The Morgan fingerprint density at radius 3 is 2.45 bits per heavy atom. The molecular weight excluding hydrogens is 412 g/mol. The number of rotatable bonds is 12. The van der Waals surface area contributed by atoms with Gasteiger partial charge in [0.2, 0.25) is 5.82 Å². The number of aryl methyl sites for hydroxylation is 2. The predicted octanol–water partition coefficient (Wildman–Crippen LogP) is 5.03. The number of nitrogens with one attached hydrogen (secondary N) is 1. The molecule has 0 radical (unpaired) electrons. The molecule has 1 aromatic carbocycles. The average Bonchev–Trinajstić information content (AvgIpc) is 3.51. The monoisotopic (exact) mass is 444 g/mol. The number of benzene rings is 1. The molecule has 8 nitrogen and oxygen atoms in total. The van der Waals surface area contributed by atoms with Crippen molar-refractivity contribution in [2.24, 2.45) is 0 Å². The maximum absolute atomic E-state index is 4.87. The van der Waals surface area contributed by atoms with Crippen LogP contribution in [-0.2, 0) is 19.4 Å². The molecule has 0 saturated carbocycles. The number of pyridine rings is 1. The van der Waals surface area contributed by atoms with Gasteiger partial charge in [-0.15, -0.1) is 10.2 Å². The Kier molecular flexibility index (Phi) is 7.90. The molecule has 0 aliphatic heterocycles. The molecule has 8 heteroatoms. The van der Waals surface area contributed by atoms with Crippen LogP contribution >= 0.6 is 0 Å². The number of aromatic nitrogens is 8. The van der Waals surface area contributed by atoms with Crippen molar-refractivity contribution in [3.8, 4) is 22.5 Å². The van der Waals surface area contributed by atoms with Crippen LogP contribution in [0.25, 0.3) is 22.5 Å². The Morgan fingerprint density at radius 1 is 0.909 bits per heavy atom. The van der Waals surface area contributed by atoms with Gasteiger partial charge in [-0.05, 0) is 29.7 Å². The molecule has 0 bridgehead atoms. The van der Waals surface area contributed by atoms with Gasteiger partial charge in [0, 0.05) is 42.4 Å². The van der Waals surface area contributed by atoms with Gasteiger partial charge in [0.15, 0.2) is 5.82 Å². The van der Waals surface area contributed by atoms with E-state index in [-0.39, 0.29) is 0 Å². The van der Waals surface area contributed by atoms with Crippen LogP contribution in [0.3, 0.4) is 0 Å². The first-order chi connectivity index (χ1) is 16.3. The fraction of sp³-hybridized carbons (Fsp3) is 0.440. The van der Waals surface area contributed by atoms with E-state index in [0.717, 1.165) is 59.8 Å². The third-order valence-electron chi connectivity index (χ3n) is 5.76. The Hall–Kier alpha value is -3.42. The summed E-state index contributed by atoms with van der Waals surface area (Å²) in [5, 5.41) is 19.3. The predicted molar refractivity (Wildman–Crippen MR) is 128 cm³/mol. The summed E-state index contributed by atoms with van der Waals surface area (Å²) in [4.78, 5) is 9.62. The van der Waals surface area contributed by atoms with Gasteiger partial charge in [-0.3, -0.25) is 4.98 Å². The Bertz CT molecular complexity index is 1120. The summed E-state index contributed by atoms with van der Waals surface area (Å²) >= 11 is 0. The highest BCUT2D eigenvalue weighted by Crippen LogP contribution is 2.29. The summed E-state index contributed by atoms with van der Waals surface area (Å²) in [5.74, 6) is 2.54. The molecule has 0 spiro atoms. The lowest BCUT2D eigenvalue weighted by Crippen LogP contribution is -2.07. The molecule has 0 fully saturated rings. The molecule has 0 aliphatic rings. The van der Waals surface area contributed by atoms with Crippen LogP contribution in [0.2, 0.25) is 0 Å². The number of aromatic amines is 1. The molecule has 3 heterocycles. The Balaban J connectivity index is 1.52. The van der Waals surface area contributed by atoms with Crippen LogP contribution in [0, 0.1) is 0 Å². The Morgan fingerprint density at radius 2 is 1.73 bits per heavy atom.